The Balaban J connectivity index is 0.000000290. The van der Waals surface area contributed by atoms with E-state index in [0.717, 1.165) is 55.3 Å². The molecule has 6 heterocycles. The number of carboxylic acids is 2. The molecule has 10 aromatic rings. The van der Waals surface area contributed by atoms with Gasteiger partial charge in [-0.3, -0.25) is 19.9 Å². The van der Waals surface area contributed by atoms with E-state index in [1.54, 1.807) is 22.7 Å². The van der Waals surface area contributed by atoms with E-state index < -0.39 is 11.9 Å². The van der Waals surface area contributed by atoms with Crippen LogP contribution in [0.5, 0.6) is 0 Å². The summed E-state index contributed by atoms with van der Waals surface area (Å²) in [4.78, 5) is 46.0. The van der Waals surface area contributed by atoms with E-state index in [1.165, 1.54) is 56.7 Å². The van der Waals surface area contributed by atoms with Crippen LogP contribution in [0.3, 0.4) is 0 Å². The average Bonchev–Trinajstić information content (AvgIpc) is 4.12. The zero-order valence-corrected chi connectivity index (χ0v) is 43.1. The number of para-hydroxylation sites is 4. The molecule has 2 N–H and O–H groups in total. The molecule has 0 bridgehead atoms. The number of benzene rings is 4. The number of anilines is 6. The molecule has 358 valence electrons. The van der Waals surface area contributed by atoms with Gasteiger partial charge in [0.15, 0.2) is 0 Å². The van der Waals surface area contributed by atoms with Gasteiger partial charge < -0.3 is 30.8 Å². The normalized spacial score (nSPS) is 9.86. The predicted octanol–water partition coefficient (Wildman–Crippen LogP) is 15.4. The number of hydrogen-bond donors (Lipinski definition) is 2. The Labute approximate surface area is 452 Å². The van der Waals surface area contributed by atoms with Crippen molar-refractivity contribution in [3.63, 3.8) is 0 Å². The molecule has 4 aromatic carbocycles. The molecule has 73 heavy (non-hydrogen) atoms. The molecule has 0 saturated heterocycles. The van der Waals surface area contributed by atoms with E-state index in [9.17, 15) is 9.59 Å². The number of isothiocyanates is 2. The number of aromatic carboxylic acids is 2. The van der Waals surface area contributed by atoms with Crippen molar-refractivity contribution in [2.45, 2.75) is 0 Å². The van der Waals surface area contributed by atoms with Crippen LogP contribution in [0.2, 0.25) is 0 Å². The van der Waals surface area contributed by atoms with Gasteiger partial charge in [0.1, 0.15) is 10.0 Å². The first-order valence-electron chi connectivity index (χ1n) is 21.6. The molecule has 12 nitrogen and oxygen atoms in total. The first-order valence-corrected chi connectivity index (χ1v) is 24.0. The molecule has 0 radical (unpaired) electrons. The second kappa shape index (κ2) is 27.3. The van der Waals surface area contributed by atoms with Gasteiger partial charge in [-0.15, -0.1) is 22.7 Å². The minimum absolute atomic E-state index is 0. The Morgan fingerprint density at radius 3 is 0.986 bits per heavy atom. The molecule has 0 amide bonds. The van der Waals surface area contributed by atoms with Gasteiger partial charge in [0.2, 0.25) is 0 Å². The second-order valence-electron chi connectivity index (χ2n) is 14.8. The van der Waals surface area contributed by atoms with Crippen LogP contribution >= 0.6 is 47.1 Å². The molecule has 0 fully saturated rings. The Morgan fingerprint density at radius 2 is 0.699 bits per heavy atom. The quantitative estimate of drug-likeness (QED) is 0.0673. The van der Waals surface area contributed by atoms with Crippen molar-refractivity contribution < 1.29 is 39.3 Å². The van der Waals surface area contributed by atoms with Gasteiger partial charge in [0.25, 0.3) is 0 Å². The SMILES string of the molecule is O=C(O)c1ccnc(-c2cc(C(=O)O)ccn2)c1.[N-]=C=S.[N-]=C=S.[Ru+2].c1ccc(N(c2ccccc2)c2ccc(-c3ccnc(-c4cc(-c5ccc(N(c6ccccc6)c6ccccc6)s5)ccn4)c3)s2)cc1. The Bertz CT molecular complexity index is 3160. The van der Waals surface area contributed by atoms with Gasteiger partial charge in [-0.2, -0.15) is 10.3 Å². The van der Waals surface area contributed by atoms with Crippen LogP contribution in [0.25, 0.3) is 54.5 Å². The van der Waals surface area contributed by atoms with Crippen LogP contribution in [0.15, 0.2) is 219 Å². The van der Waals surface area contributed by atoms with Gasteiger partial charge in [0.05, 0.1) is 33.9 Å². The van der Waals surface area contributed by atoms with E-state index in [4.69, 9.17) is 31.0 Å². The zero-order chi connectivity index (χ0) is 50.7. The number of carbonyl (C=O) groups is 2. The summed E-state index contributed by atoms with van der Waals surface area (Å²) < 4.78 is 0. The molecular formula is C56H38N8O4RuS4. The summed E-state index contributed by atoms with van der Waals surface area (Å²) in [6, 6.07) is 64.6. The Morgan fingerprint density at radius 1 is 0.425 bits per heavy atom. The number of rotatable bonds is 12. The average molecular weight is 1120 g/mol. The number of hydrogen-bond acceptors (Lipinski definition) is 12. The molecule has 0 saturated carbocycles. The first kappa shape index (κ1) is 54.0. The maximum absolute atomic E-state index is 10.8. The summed E-state index contributed by atoms with van der Waals surface area (Å²) >= 11 is 10.9. The summed E-state index contributed by atoms with van der Waals surface area (Å²) in [7, 11) is 0. The summed E-state index contributed by atoms with van der Waals surface area (Å²) in [5, 5.41) is 36.9. The van der Waals surface area contributed by atoms with E-state index in [0.29, 0.717) is 11.4 Å². The van der Waals surface area contributed by atoms with E-state index in [1.807, 2.05) is 12.4 Å². The molecular weight excluding hydrogens is 1080 g/mol. The predicted molar refractivity (Wildman–Crippen MR) is 297 cm³/mol. The van der Waals surface area contributed by atoms with Crippen LogP contribution in [0.1, 0.15) is 20.7 Å². The van der Waals surface area contributed by atoms with Crippen molar-refractivity contribution in [1.82, 2.24) is 19.9 Å². The Hall–Kier alpha value is -8.36. The minimum Gasteiger partial charge on any atom is -0.753 e. The van der Waals surface area contributed by atoms with Crippen molar-refractivity contribution >= 4 is 102 Å². The van der Waals surface area contributed by atoms with Crippen LogP contribution in [0.4, 0.5) is 32.8 Å². The maximum Gasteiger partial charge on any atom is 2.00 e. The van der Waals surface area contributed by atoms with Gasteiger partial charge in [-0.1, -0.05) is 97.2 Å². The molecule has 0 unspecified atom stereocenters. The van der Waals surface area contributed by atoms with Crippen molar-refractivity contribution in [2.75, 3.05) is 9.80 Å². The molecule has 17 heteroatoms. The number of nitrogens with zero attached hydrogens (tertiary/aromatic N) is 8. The van der Waals surface area contributed by atoms with E-state index in [-0.39, 0.29) is 30.6 Å². The second-order valence-corrected chi connectivity index (χ2v) is 17.3. The van der Waals surface area contributed by atoms with Gasteiger partial charge >= 0.3 is 31.4 Å². The topological polar surface area (TPSA) is 177 Å². The fourth-order valence-electron chi connectivity index (χ4n) is 7.18. The molecule has 0 aliphatic heterocycles. The number of pyridine rings is 4. The summed E-state index contributed by atoms with van der Waals surface area (Å²) in [5.74, 6) is -2.15. The van der Waals surface area contributed by atoms with Gasteiger partial charge in [-0.25, -0.2) is 9.59 Å². The zero-order valence-electron chi connectivity index (χ0n) is 38.1. The molecule has 10 rings (SSSR count). The third-order valence-electron chi connectivity index (χ3n) is 10.3. The van der Waals surface area contributed by atoms with Crippen LogP contribution in [-0.2, 0) is 19.5 Å². The van der Waals surface area contributed by atoms with Gasteiger partial charge in [-0.05, 0) is 132 Å². The molecule has 0 spiro atoms. The first-order chi connectivity index (χ1) is 35.2. The minimum atomic E-state index is -1.08. The fourth-order valence-corrected chi connectivity index (χ4v) is 9.27. The largest absolute Gasteiger partial charge is 2.00 e. The van der Waals surface area contributed by atoms with Crippen molar-refractivity contribution in [3.05, 3.63) is 241 Å². The van der Waals surface area contributed by atoms with Crippen LogP contribution < -0.4 is 9.80 Å². The van der Waals surface area contributed by atoms with Crippen molar-refractivity contribution in [3.8, 4) is 43.7 Å². The molecule has 0 atom stereocenters. The van der Waals surface area contributed by atoms with Crippen molar-refractivity contribution in [2.24, 2.45) is 0 Å². The third kappa shape index (κ3) is 14.4. The summed E-state index contributed by atoms with van der Waals surface area (Å²) in [6.07, 6.45) is 6.44. The van der Waals surface area contributed by atoms with Gasteiger partial charge in [0, 0.05) is 57.3 Å². The molecule has 0 aliphatic rings. The van der Waals surface area contributed by atoms with Crippen LogP contribution in [0, 0.1) is 0 Å². The summed E-state index contributed by atoms with van der Waals surface area (Å²) in [5.41, 5.74) is 9.21. The Kier molecular flexibility index (Phi) is 20.2. The fraction of sp³-hybridized carbons (Fsp3) is 0. The van der Waals surface area contributed by atoms with Crippen molar-refractivity contribution in [1.29, 1.82) is 0 Å². The van der Waals surface area contributed by atoms with E-state index >= 15 is 0 Å². The standard InChI is InChI=1S/C42H30N4S2.C12H8N2O4.2CNS.Ru/c1-5-13-33(14-6-1)45(34-15-7-2-8-16-34)41-23-21-39(47-41)31-25-27-43-37(29-31)38-30-32(26-28-44-38)40-22-24-42(48-40)46(35-17-9-3-10-18-35)36-19-11-4-12-20-36;15-11(16)7-1-3-13-9(5-7)10-6-8(12(17)18)2-4-14-10;2*2-1-3;/h1-30H;1-6H,(H,15,16)(H,17,18);;;/q;;2*-1;+2. The van der Waals surface area contributed by atoms with E-state index in [2.05, 4.69) is 214 Å². The molecule has 0 aliphatic carbocycles. The number of carboxylic acid groups (broad SMARTS) is 2. The number of thiophene rings is 2. The monoisotopic (exact) mass is 1120 g/mol. The smallest absolute Gasteiger partial charge is 0.753 e. The van der Waals surface area contributed by atoms with Crippen LogP contribution in [-0.4, -0.2) is 52.4 Å². The maximum atomic E-state index is 10.8. The summed E-state index contributed by atoms with van der Waals surface area (Å²) in [6.45, 7) is 0. The number of thiocarbonyl (C=S) groups is 2. The third-order valence-corrected chi connectivity index (χ3v) is 12.5. The molecule has 6 aromatic heterocycles. The number of aromatic nitrogens is 4.